The molecule has 0 unspecified atom stereocenters. The zero-order valence-electron chi connectivity index (χ0n) is 12.2. The van der Waals surface area contributed by atoms with Gasteiger partial charge in [-0.2, -0.15) is 0 Å². The smallest absolute Gasteiger partial charge is 0.274 e. The summed E-state index contributed by atoms with van der Waals surface area (Å²) in [5.74, 6) is 2.20. The molecular formula is C14H16N6O2. The van der Waals surface area contributed by atoms with E-state index in [1.54, 1.807) is 4.90 Å². The zero-order valence-corrected chi connectivity index (χ0v) is 12.2. The van der Waals surface area contributed by atoms with Gasteiger partial charge in [-0.1, -0.05) is 0 Å². The van der Waals surface area contributed by atoms with Gasteiger partial charge in [-0.25, -0.2) is 4.98 Å². The lowest BCUT2D eigenvalue weighted by molar-refractivity contribution is 0.0673. The molecule has 0 saturated heterocycles. The molecule has 1 amide bonds. The fourth-order valence-electron chi connectivity index (χ4n) is 2.96. The maximum absolute atomic E-state index is 12.5. The third-order valence-corrected chi connectivity index (χ3v) is 4.17. The van der Waals surface area contributed by atoms with Crippen molar-refractivity contribution in [2.24, 2.45) is 0 Å². The number of rotatable bonds is 2. The number of hydrogen-bond donors (Lipinski definition) is 1. The minimum atomic E-state index is -0.322. The molecule has 2 aliphatic rings. The van der Waals surface area contributed by atoms with E-state index in [1.165, 1.54) is 19.0 Å². The summed E-state index contributed by atoms with van der Waals surface area (Å²) < 4.78 is 2.17. The summed E-state index contributed by atoms with van der Waals surface area (Å²) in [6.45, 7) is 3.08. The van der Waals surface area contributed by atoms with Crippen molar-refractivity contribution in [1.82, 2.24) is 29.6 Å². The number of amides is 1. The van der Waals surface area contributed by atoms with Crippen LogP contribution < -0.4 is 5.56 Å². The number of aromatic nitrogens is 5. The molecule has 0 radical (unpaired) electrons. The zero-order chi connectivity index (χ0) is 15.3. The number of fused-ring (bicyclic) bond motifs is 1. The van der Waals surface area contributed by atoms with Crippen molar-refractivity contribution in [3.8, 4) is 0 Å². The molecular weight excluding hydrogens is 284 g/mol. The lowest BCUT2D eigenvalue weighted by Crippen LogP contribution is -2.41. The second-order valence-electron chi connectivity index (χ2n) is 5.95. The van der Waals surface area contributed by atoms with Crippen LogP contribution in [0.15, 0.2) is 17.2 Å². The van der Waals surface area contributed by atoms with Gasteiger partial charge in [0.1, 0.15) is 11.5 Å². The second-order valence-corrected chi connectivity index (χ2v) is 5.95. The molecule has 8 heteroatoms. The normalized spacial score (nSPS) is 20.8. The van der Waals surface area contributed by atoms with Gasteiger partial charge in [-0.05, 0) is 19.8 Å². The van der Waals surface area contributed by atoms with E-state index in [9.17, 15) is 9.59 Å². The van der Waals surface area contributed by atoms with Crippen LogP contribution in [0.1, 0.15) is 53.9 Å². The summed E-state index contributed by atoms with van der Waals surface area (Å²) in [5, 5.41) is 8.55. The Balaban J connectivity index is 1.61. The topological polar surface area (TPSA) is 96.8 Å². The molecule has 1 aliphatic heterocycles. The van der Waals surface area contributed by atoms with Crippen LogP contribution in [-0.2, 0) is 6.54 Å². The number of carbonyl (C=O) groups excluding carboxylic acids is 1. The summed E-state index contributed by atoms with van der Waals surface area (Å²) in [6, 6.07) is 0.140. The molecule has 114 valence electrons. The van der Waals surface area contributed by atoms with Crippen molar-refractivity contribution in [2.75, 3.05) is 6.54 Å². The van der Waals surface area contributed by atoms with Crippen LogP contribution in [0.25, 0.3) is 0 Å². The first-order chi connectivity index (χ1) is 10.6. The maximum atomic E-state index is 12.5. The number of nitrogens with one attached hydrogen (secondary N) is 1. The highest BCUT2D eigenvalue weighted by Gasteiger charge is 2.35. The monoisotopic (exact) mass is 300 g/mol. The predicted octanol–water partition coefficient (Wildman–Crippen LogP) is 0.456. The van der Waals surface area contributed by atoms with Gasteiger partial charge in [-0.15, -0.1) is 10.2 Å². The molecule has 1 saturated carbocycles. The third kappa shape index (κ3) is 2.11. The second kappa shape index (κ2) is 4.75. The van der Waals surface area contributed by atoms with Crippen LogP contribution >= 0.6 is 0 Å². The van der Waals surface area contributed by atoms with Gasteiger partial charge in [0.2, 0.25) is 0 Å². The molecule has 4 rings (SSSR count). The van der Waals surface area contributed by atoms with Crippen molar-refractivity contribution < 1.29 is 4.79 Å². The Kier molecular flexibility index (Phi) is 2.85. The predicted molar refractivity (Wildman–Crippen MR) is 76.3 cm³/mol. The first kappa shape index (κ1) is 13.2. The van der Waals surface area contributed by atoms with E-state index in [-0.39, 0.29) is 23.2 Å². The molecule has 1 atom stereocenters. The summed E-state index contributed by atoms with van der Waals surface area (Å²) >= 11 is 0. The van der Waals surface area contributed by atoms with Crippen molar-refractivity contribution >= 4 is 5.91 Å². The Morgan fingerprint density at radius 1 is 1.36 bits per heavy atom. The van der Waals surface area contributed by atoms with Crippen molar-refractivity contribution in [3.63, 3.8) is 0 Å². The van der Waals surface area contributed by atoms with Crippen LogP contribution in [-0.4, -0.2) is 42.1 Å². The highest BCUT2D eigenvalue weighted by molar-refractivity contribution is 5.92. The molecule has 22 heavy (non-hydrogen) atoms. The van der Waals surface area contributed by atoms with Gasteiger partial charge in [0.05, 0.1) is 18.8 Å². The molecule has 1 N–H and O–H groups in total. The van der Waals surface area contributed by atoms with Gasteiger partial charge in [0, 0.05) is 18.7 Å². The summed E-state index contributed by atoms with van der Waals surface area (Å²) in [7, 11) is 0. The Hall–Kier alpha value is -2.51. The van der Waals surface area contributed by atoms with Crippen LogP contribution in [0.2, 0.25) is 0 Å². The fourth-order valence-corrected chi connectivity index (χ4v) is 2.96. The molecule has 8 nitrogen and oxygen atoms in total. The lowest BCUT2D eigenvalue weighted by atomic mass is 10.2. The van der Waals surface area contributed by atoms with Crippen LogP contribution in [0.5, 0.6) is 0 Å². The van der Waals surface area contributed by atoms with E-state index >= 15 is 0 Å². The molecule has 3 heterocycles. The highest BCUT2D eigenvalue weighted by atomic mass is 16.2. The van der Waals surface area contributed by atoms with E-state index in [2.05, 4.69) is 31.7 Å². The Morgan fingerprint density at radius 3 is 2.86 bits per heavy atom. The average molecular weight is 300 g/mol. The van der Waals surface area contributed by atoms with E-state index in [0.29, 0.717) is 19.0 Å². The number of H-pyrrole nitrogens is 1. The first-order valence-corrected chi connectivity index (χ1v) is 7.41. The van der Waals surface area contributed by atoms with Gasteiger partial charge in [0.15, 0.2) is 5.82 Å². The third-order valence-electron chi connectivity index (χ3n) is 4.17. The standard InChI is InChI=1S/C14H16N6O2/c1-8-6-19(14(22)10-4-16-12(21)5-15-10)7-11-17-18-13(20(8)11)9-2-3-9/h4-5,8-9H,2-3,6-7H2,1H3,(H,16,21)/t8-/m0/s1. The van der Waals surface area contributed by atoms with Crippen LogP contribution in [0, 0.1) is 0 Å². The maximum Gasteiger partial charge on any atom is 0.274 e. The Bertz CT molecular complexity index is 770. The summed E-state index contributed by atoms with van der Waals surface area (Å²) in [5.41, 5.74) is -0.0837. The largest absolute Gasteiger partial charge is 0.328 e. The summed E-state index contributed by atoms with van der Waals surface area (Å²) in [6.07, 6.45) is 4.82. The SMILES string of the molecule is C[C@H]1CN(C(=O)c2c[nH]c(=O)cn2)Cc2nnc(C3CC3)n21. The van der Waals surface area contributed by atoms with Crippen molar-refractivity contribution in [1.29, 1.82) is 0 Å². The van der Waals surface area contributed by atoms with E-state index < -0.39 is 0 Å². The number of nitrogens with zero attached hydrogens (tertiary/aromatic N) is 5. The van der Waals surface area contributed by atoms with Crippen molar-refractivity contribution in [2.45, 2.75) is 38.3 Å². The Labute approximate surface area is 126 Å². The molecule has 2 aromatic rings. The molecule has 2 aromatic heterocycles. The molecule has 1 fully saturated rings. The number of carbonyl (C=O) groups is 1. The highest BCUT2D eigenvalue weighted by Crippen LogP contribution is 2.41. The van der Waals surface area contributed by atoms with E-state index in [0.717, 1.165) is 17.8 Å². The number of aromatic amines is 1. The summed E-state index contributed by atoms with van der Waals surface area (Å²) in [4.78, 5) is 31.6. The quantitative estimate of drug-likeness (QED) is 0.869. The first-order valence-electron chi connectivity index (χ1n) is 7.41. The fraction of sp³-hybridized carbons (Fsp3) is 0.500. The lowest BCUT2D eigenvalue weighted by Gasteiger charge is -2.32. The minimum absolute atomic E-state index is 0.140. The molecule has 0 bridgehead atoms. The molecule has 1 aliphatic carbocycles. The van der Waals surface area contributed by atoms with E-state index in [4.69, 9.17) is 0 Å². The van der Waals surface area contributed by atoms with Gasteiger partial charge >= 0.3 is 0 Å². The molecule has 0 aromatic carbocycles. The minimum Gasteiger partial charge on any atom is -0.328 e. The number of hydrogen-bond acceptors (Lipinski definition) is 5. The van der Waals surface area contributed by atoms with Crippen LogP contribution in [0.3, 0.4) is 0 Å². The van der Waals surface area contributed by atoms with Crippen LogP contribution in [0.4, 0.5) is 0 Å². The van der Waals surface area contributed by atoms with Crippen molar-refractivity contribution in [3.05, 3.63) is 40.1 Å². The van der Waals surface area contributed by atoms with E-state index in [1.807, 2.05) is 0 Å². The van der Waals surface area contributed by atoms with Gasteiger partial charge in [-0.3, -0.25) is 9.59 Å². The average Bonchev–Trinajstić information content (AvgIpc) is 3.27. The Morgan fingerprint density at radius 2 is 2.18 bits per heavy atom. The van der Waals surface area contributed by atoms with Gasteiger partial charge < -0.3 is 14.5 Å². The molecule has 0 spiro atoms. The van der Waals surface area contributed by atoms with Gasteiger partial charge in [0.25, 0.3) is 11.5 Å².